The maximum absolute atomic E-state index is 12.6. The summed E-state index contributed by atoms with van der Waals surface area (Å²) in [4.78, 5) is 14.1. The van der Waals surface area contributed by atoms with E-state index >= 15 is 0 Å². The largest absolute Gasteiger partial charge is 0.477 e. The number of carboxylic acid groups (broad SMARTS) is 1. The molecule has 0 atom stereocenters. The van der Waals surface area contributed by atoms with E-state index in [0.717, 1.165) is 28.9 Å². The van der Waals surface area contributed by atoms with Crippen LogP contribution in [0.25, 0.3) is 5.57 Å². The third kappa shape index (κ3) is 7.05. The van der Waals surface area contributed by atoms with Crippen LogP contribution >= 0.6 is 0 Å². The molecule has 46 heavy (non-hydrogen) atoms. The number of nitrogens with one attached hydrogen (secondary N) is 2. The Morgan fingerprint density at radius 2 is 1.41 bits per heavy atom. The average molecular weight is 658 g/mol. The number of hydrogen-bond acceptors (Lipinski definition) is 6. The molecule has 4 aromatic carbocycles. The fraction of sp³-hybridized carbons (Fsp3) is 0.0588. The molecule has 10 nitrogen and oxygen atoms in total. The van der Waals surface area contributed by atoms with Crippen LogP contribution in [0.3, 0.4) is 0 Å². The molecule has 5 rings (SSSR count). The highest BCUT2D eigenvalue weighted by atomic mass is 32.2. The first-order valence-corrected chi connectivity index (χ1v) is 16.7. The van der Waals surface area contributed by atoms with Gasteiger partial charge in [0, 0.05) is 34.6 Å². The van der Waals surface area contributed by atoms with Gasteiger partial charge in [0.05, 0.1) is 4.90 Å². The third-order valence-electron chi connectivity index (χ3n) is 7.35. The standard InChI is InChI=1S/C34H28N2O8S2/c1-21-7-3-5-9-29(21)35-25-14-11-23(12-15-25)33(27-17-16-26(45(39,40)41)20-32(27)46(42,43)44)24-13-18-31(28(19-24)34(37)38)36-30-10-6-4-8-22(30)2/h3-20,35H,1-2H3,(H,37,38)(H,39,40,41)(H,42,43,44)/p+1. The summed E-state index contributed by atoms with van der Waals surface area (Å²) >= 11 is 0. The molecule has 234 valence electrons. The highest BCUT2D eigenvalue weighted by Gasteiger charge is 2.28. The maximum Gasteiger partial charge on any atom is 0.342 e. The minimum Gasteiger partial charge on any atom is -0.477 e. The zero-order valence-corrected chi connectivity index (χ0v) is 26.2. The first-order valence-electron chi connectivity index (χ1n) is 13.8. The van der Waals surface area contributed by atoms with Crippen molar-refractivity contribution in [2.24, 2.45) is 0 Å². The van der Waals surface area contributed by atoms with Crippen LogP contribution in [0.5, 0.6) is 0 Å². The van der Waals surface area contributed by atoms with Gasteiger partial charge in [-0.1, -0.05) is 54.6 Å². The van der Waals surface area contributed by atoms with Crippen molar-refractivity contribution in [1.82, 2.24) is 0 Å². The summed E-state index contributed by atoms with van der Waals surface area (Å²) < 4.78 is 68.7. The molecule has 1 aliphatic carbocycles. The summed E-state index contributed by atoms with van der Waals surface area (Å²) in [5, 5.41) is 13.5. The summed E-state index contributed by atoms with van der Waals surface area (Å²) in [5.74, 6) is -1.26. The predicted octanol–water partition coefficient (Wildman–Crippen LogP) is 4.78. The number of carbonyl (C=O) groups is 1. The van der Waals surface area contributed by atoms with Gasteiger partial charge in [0.2, 0.25) is 11.4 Å². The van der Waals surface area contributed by atoms with Crippen LogP contribution in [0.15, 0.2) is 130 Å². The number of carboxylic acids is 1. The van der Waals surface area contributed by atoms with Crippen LogP contribution in [0, 0.1) is 13.8 Å². The maximum atomic E-state index is 12.6. The molecule has 0 heterocycles. The molecule has 0 bridgehead atoms. The van der Waals surface area contributed by atoms with Gasteiger partial charge < -0.3 is 10.4 Å². The lowest BCUT2D eigenvalue weighted by Crippen LogP contribution is -2.67. The Balaban J connectivity index is 1.74. The summed E-state index contributed by atoms with van der Waals surface area (Å²) in [7, 11) is -9.88. The lowest BCUT2D eigenvalue weighted by molar-refractivity contribution is -0.352. The van der Waals surface area contributed by atoms with Gasteiger partial charge in [-0.2, -0.15) is 16.8 Å². The highest BCUT2D eigenvalue weighted by molar-refractivity contribution is 7.86. The quantitative estimate of drug-likeness (QED) is 0.167. The SMILES string of the molecule is Cc1ccccc1Nc1ccc(C(=C2C=CC(=[NH+]c3ccccc3C)C(C(=O)O)=C2)c2ccc(S(=O)(=O)O)cc2S(=O)(=O)O)cc1. The normalized spacial score (nSPS) is 15.4. The molecule has 4 aromatic rings. The number of rotatable bonds is 8. The second-order valence-electron chi connectivity index (χ2n) is 10.5. The van der Waals surface area contributed by atoms with Gasteiger partial charge in [-0.25, -0.2) is 9.79 Å². The Bertz CT molecular complexity index is 2220. The number of allylic oxidation sites excluding steroid dienone is 4. The lowest BCUT2D eigenvalue weighted by atomic mass is 9.88. The number of aliphatic carboxylic acids is 1. The van der Waals surface area contributed by atoms with Crippen LogP contribution < -0.4 is 10.3 Å². The summed E-state index contributed by atoms with van der Waals surface area (Å²) in [5.41, 5.74) is 5.06. The molecular formula is C34H29N2O8S2+. The highest BCUT2D eigenvalue weighted by Crippen LogP contribution is 2.36. The van der Waals surface area contributed by atoms with E-state index < -0.39 is 36.0 Å². The minimum absolute atomic E-state index is 0.120. The number of para-hydroxylation sites is 2. The van der Waals surface area contributed by atoms with Crippen molar-refractivity contribution in [2.75, 3.05) is 5.32 Å². The molecule has 0 amide bonds. The topological polar surface area (TPSA) is 172 Å². The summed E-state index contributed by atoms with van der Waals surface area (Å²) in [6.07, 6.45) is 4.49. The molecule has 5 N–H and O–H groups in total. The van der Waals surface area contributed by atoms with E-state index in [1.54, 1.807) is 48.6 Å². The van der Waals surface area contributed by atoms with Crippen LogP contribution in [0.4, 0.5) is 17.1 Å². The second kappa shape index (κ2) is 12.7. The summed E-state index contributed by atoms with van der Waals surface area (Å²) in [6.45, 7) is 3.82. The molecule has 12 heteroatoms. The first-order chi connectivity index (χ1) is 21.7. The van der Waals surface area contributed by atoms with E-state index in [1.807, 2.05) is 50.2 Å². The zero-order chi connectivity index (χ0) is 33.2. The zero-order valence-electron chi connectivity index (χ0n) is 24.6. The van der Waals surface area contributed by atoms with Gasteiger partial charge in [-0.3, -0.25) is 9.11 Å². The minimum atomic E-state index is -5.05. The van der Waals surface area contributed by atoms with Gasteiger partial charge in [0.15, 0.2) is 0 Å². The van der Waals surface area contributed by atoms with Crippen LogP contribution in [0.1, 0.15) is 22.3 Å². The molecule has 0 fully saturated rings. The third-order valence-corrected chi connectivity index (χ3v) is 9.09. The Kier molecular flexibility index (Phi) is 8.90. The van der Waals surface area contributed by atoms with E-state index in [2.05, 4.69) is 10.3 Å². The molecule has 0 saturated carbocycles. The Morgan fingerprint density at radius 1 is 0.761 bits per heavy atom. The number of anilines is 2. The monoisotopic (exact) mass is 657 g/mol. The molecule has 0 aliphatic heterocycles. The number of hydrogen-bond donors (Lipinski definition) is 5. The van der Waals surface area contributed by atoms with Crippen molar-refractivity contribution < 1.29 is 40.8 Å². The van der Waals surface area contributed by atoms with Crippen molar-refractivity contribution in [1.29, 1.82) is 0 Å². The average Bonchev–Trinajstić information content (AvgIpc) is 3.00. The molecule has 0 radical (unpaired) electrons. The van der Waals surface area contributed by atoms with Crippen LogP contribution in [-0.4, -0.2) is 42.7 Å². The molecule has 0 unspecified atom stereocenters. The van der Waals surface area contributed by atoms with Gasteiger partial charge >= 0.3 is 5.97 Å². The van der Waals surface area contributed by atoms with Crippen LogP contribution in [-0.2, 0) is 25.0 Å². The van der Waals surface area contributed by atoms with Crippen molar-refractivity contribution in [3.8, 4) is 0 Å². The molecule has 0 saturated heterocycles. The Morgan fingerprint density at radius 3 is 2.02 bits per heavy atom. The molecule has 0 aromatic heterocycles. The lowest BCUT2D eigenvalue weighted by Gasteiger charge is -2.18. The Hall–Kier alpha value is -5.14. The van der Waals surface area contributed by atoms with E-state index in [-0.39, 0.29) is 28.0 Å². The molecular weight excluding hydrogens is 629 g/mol. The summed E-state index contributed by atoms with van der Waals surface area (Å²) in [6, 6.07) is 24.6. The second-order valence-corrected chi connectivity index (χ2v) is 13.3. The van der Waals surface area contributed by atoms with Crippen molar-refractivity contribution in [3.63, 3.8) is 0 Å². The Labute approximate surface area is 266 Å². The van der Waals surface area contributed by atoms with E-state index in [9.17, 15) is 35.8 Å². The van der Waals surface area contributed by atoms with E-state index in [1.165, 1.54) is 6.08 Å². The predicted molar refractivity (Wildman–Crippen MR) is 175 cm³/mol. The van der Waals surface area contributed by atoms with Crippen molar-refractivity contribution in [3.05, 3.63) is 143 Å². The number of aryl methyl sites for hydroxylation is 2. The molecule has 1 aliphatic rings. The van der Waals surface area contributed by atoms with Gasteiger partial charge in [0.25, 0.3) is 20.2 Å². The fourth-order valence-corrected chi connectivity index (χ4v) is 6.30. The smallest absolute Gasteiger partial charge is 0.342 e. The van der Waals surface area contributed by atoms with E-state index in [0.29, 0.717) is 23.0 Å². The number of benzene rings is 4. The fourth-order valence-electron chi connectivity index (χ4n) is 4.99. The van der Waals surface area contributed by atoms with Gasteiger partial charge in [-0.05, 0) is 78.6 Å². The first kappa shape index (κ1) is 32.3. The van der Waals surface area contributed by atoms with Gasteiger partial charge in [-0.15, -0.1) is 0 Å². The molecule has 0 spiro atoms. The van der Waals surface area contributed by atoms with Crippen molar-refractivity contribution in [2.45, 2.75) is 23.6 Å². The van der Waals surface area contributed by atoms with Crippen molar-refractivity contribution >= 4 is 54.6 Å². The van der Waals surface area contributed by atoms with E-state index in [4.69, 9.17) is 0 Å². The van der Waals surface area contributed by atoms with Gasteiger partial charge in [0.1, 0.15) is 10.5 Å². The van der Waals surface area contributed by atoms with Crippen LogP contribution in [0.2, 0.25) is 0 Å².